The molecule has 1 rings (SSSR count). The van der Waals surface area contributed by atoms with Crippen LogP contribution >= 0.6 is 0 Å². The zero-order chi connectivity index (χ0) is 14.6. The predicted octanol–water partition coefficient (Wildman–Crippen LogP) is 3.43. The highest BCUT2D eigenvalue weighted by Crippen LogP contribution is 2.06. The largest absolute Gasteiger partial charge is 0.478 e. The van der Waals surface area contributed by atoms with Gasteiger partial charge in [0.2, 0.25) is 0 Å². The molecule has 108 valence electrons. The zero-order valence-corrected chi connectivity index (χ0v) is 11.5. The third kappa shape index (κ3) is 7.36. The Bertz CT molecular complexity index is 437. The second-order valence-electron chi connectivity index (χ2n) is 4.45. The molecule has 1 aromatic carbocycles. The van der Waals surface area contributed by atoms with Gasteiger partial charge in [-0.3, -0.25) is 0 Å². The summed E-state index contributed by atoms with van der Waals surface area (Å²) in [6.45, 7) is 0.429. The number of hydrogen-bond donors (Lipinski definition) is 1. The summed E-state index contributed by atoms with van der Waals surface area (Å²) in [4.78, 5) is 21.8. The molecule has 0 radical (unpaired) electrons. The Labute approximate surface area is 119 Å². The summed E-state index contributed by atoms with van der Waals surface area (Å²) < 4.78 is 5.16. The van der Waals surface area contributed by atoms with Crippen molar-refractivity contribution in [2.45, 2.75) is 32.1 Å². The van der Waals surface area contributed by atoms with Gasteiger partial charge in [0.25, 0.3) is 0 Å². The average Bonchev–Trinajstić information content (AvgIpc) is 2.46. The Hall–Kier alpha value is -2.10. The monoisotopic (exact) mass is 276 g/mol. The molecule has 0 aliphatic heterocycles. The molecule has 0 atom stereocenters. The third-order valence-electron chi connectivity index (χ3n) is 2.77. The van der Waals surface area contributed by atoms with Crippen molar-refractivity contribution < 1.29 is 19.4 Å². The highest BCUT2D eigenvalue weighted by Gasteiger charge is 2.04. The number of ether oxygens (including phenoxy) is 1. The number of rotatable bonds is 9. The predicted molar refractivity (Wildman–Crippen MR) is 76.6 cm³/mol. The van der Waals surface area contributed by atoms with Gasteiger partial charge in [0, 0.05) is 6.08 Å². The number of allylic oxidation sites excluding steroid dienone is 1. The first kappa shape index (κ1) is 16.0. The molecule has 0 aliphatic carbocycles. The van der Waals surface area contributed by atoms with Gasteiger partial charge in [0.15, 0.2) is 0 Å². The number of carbonyl (C=O) groups is 2. The summed E-state index contributed by atoms with van der Waals surface area (Å²) in [5, 5.41) is 8.40. The molecule has 0 bridgehead atoms. The van der Waals surface area contributed by atoms with E-state index in [1.54, 1.807) is 30.3 Å². The second kappa shape index (κ2) is 9.78. The number of aliphatic carboxylic acids is 1. The van der Waals surface area contributed by atoms with Gasteiger partial charge in [-0.25, -0.2) is 9.59 Å². The fourth-order valence-electron chi connectivity index (χ4n) is 1.72. The number of benzene rings is 1. The van der Waals surface area contributed by atoms with Gasteiger partial charge in [0.05, 0.1) is 12.2 Å². The molecule has 0 aliphatic rings. The lowest BCUT2D eigenvalue weighted by Gasteiger charge is -2.04. The minimum Gasteiger partial charge on any atom is -0.478 e. The molecule has 1 aromatic rings. The lowest BCUT2D eigenvalue weighted by Crippen LogP contribution is -2.06. The molecule has 0 spiro atoms. The van der Waals surface area contributed by atoms with E-state index >= 15 is 0 Å². The quantitative estimate of drug-likeness (QED) is 0.426. The van der Waals surface area contributed by atoms with Crippen LogP contribution in [-0.2, 0) is 9.53 Å². The third-order valence-corrected chi connectivity index (χ3v) is 2.77. The highest BCUT2D eigenvalue weighted by atomic mass is 16.5. The fraction of sp³-hybridized carbons (Fsp3) is 0.375. The molecule has 0 fully saturated rings. The Balaban J connectivity index is 2.00. The number of carboxylic acids is 1. The molecular formula is C16H20O4. The molecular weight excluding hydrogens is 256 g/mol. The minimum absolute atomic E-state index is 0.282. The van der Waals surface area contributed by atoms with Crippen molar-refractivity contribution in [2.75, 3.05) is 6.61 Å². The summed E-state index contributed by atoms with van der Waals surface area (Å²) in [6.07, 6.45) is 7.38. The van der Waals surface area contributed by atoms with Crippen LogP contribution in [0, 0.1) is 0 Å². The fourth-order valence-corrected chi connectivity index (χ4v) is 1.72. The van der Waals surface area contributed by atoms with Crippen LogP contribution in [0.15, 0.2) is 42.5 Å². The lowest BCUT2D eigenvalue weighted by molar-refractivity contribution is -0.131. The molecule has 0 unspecified atom stereocenters. The SMILES string of the molecule is O=C(O)/C=C/CCCCCCOC(=O)c1ccccc1. The molecule has 20 heavy (non-hydrogen) atoms. The number of carboxylic acid groups (broad SMARTS) is 1. The Morgan fingerprint density at radius 3 is 2.45 bits per heavy atom. The van der Waals surface area contributed by atoms with Gasteiger partial charge in [-0.15, -0.1) is 0 Å². The van der Waals surface area contributed by atoms with Crippen molar-refractivity contribution in [3.8, 4) is 0 Å². The van der Waals surface area contributed by atoms with Gasteiger partial charge in [-0.1, -0.05) is 37.1 Å². The summed E-state index contributed by atoms with van der Waals surface area (Å²) in [7, 11) is 0. The van der Waals surface area contributed by atoms with Gasteiger partial charge < -0.3 is 9.84 Å². The second-order valence-corrected chi connectivity index (χ2v) is 4.45. The molecule has 1 N–H and O–H groups in total. The van der Waals surface area contributed by atoms with Crippen LogP contribution in [0.25, 0.3) is 0 Å². The van der Waals surface area contributed by atoms with Gasteiger partial charge in [0.1, 0.15) is 0 Å². The zero-order valence-electron chi connectivity index (χ0n) is 11.5. The average molecular weight is 276 g/mol. The summed E-state index contributed by atoms with van der Waals surface area (Å²) >= 11 is 0. The highest BCUT2D eigenvalue weighted by molar-refractivity contribution is 5.89. The topological polar surface area (TPSA) is 63.6 Å². The summed E-state index contributed by atoms with van der Waals surface area (Å²) in [5.41, 5.74) is 0.575. The molecule has 0 saturated carbocycles. The van der Waals surface area contributed by atoms with Crippen molar-refractivity contribution in [1.29, 1.82) is 0 Å². The van der Waals surface area contributed by atoms with Crippen LogP contribution in [0.5, 0.6) is 0 Å². The number of unbranched alkanes of at least 4 members (excludes halogenated alkanes) is 4. The maximum atomic E-state index is 11.6. The van der Waals surface area contributed by atoms with E-state index in [1.165, 1.54) is 6.08 Å². The van der Waals surface area contributed by atoms with Crippen LogP contribution in [-0.4, -0.2) is 23.7 Å². The lowest BCUT2D eigenvalue weighted by atomic mass is 10.1. The first-order valence-corrected chi connectivity index (χ1v) is 6.82. The van der Waals surface area contributed by atoms with E-state index in [9.17, 15) is 9.59 Å². The van der Waals surface area contributed by atoms with Crippen LogP contribution in [0.4, 0.5) is 0 Å². The molecule has 0 aromatic heterocycles. The van der Waals surface area contributed by atoms with Gasteiger partial charge in [-0.05, 0) is 31.4 Å². The number of esters is 1. The van der Waals surface area contributed by atoms with E-state index in [0.29, 0.717) is 12.2 Å². The van der Waals surface area contributed by atoms with Gasteiger partial charge >= 0.3 is 11.9 Å². The van der Waals surface area contributed by atoms with Crippen molar-refractivity contribution in [3.05, 3.63) is 48.0 Å². The van der Waals surface area contributed by atoms with E-state index in [4.69, 9.17) is 9.84 Å². The standard InChI is InChI=1S/C16H20O4/c17-15(18)12-8-3-1-2-4-9-13-20-16(19)14-10-6-5-7-11-14/h5-8,10-12H,1-4,9,13H2,(H,17,18)/b12-8+. The van der Waals surface area contributed by atoms with Crippen molar-refractivity contribution in [1.82, 2.24) is 0 Å². The van der Waals surface area contributed by atoms with E-state index in [-0.39, 0.29) is 5.97 Å². The summed E-state index contributed by atoms with van der Waals surface area (Å²) in [5.74, 6) is -1.19. The van der Waals surface area contributed by atoms with E-state index < -0.39 is 5.97 Å². The smallest absolute Gasteiger partial charge is 0.338 e. The first-order valence-electron chi connectivity index (χ1n) is 6.82. The van der Waals surface area contributed by atoms with E-state index in [0.717, 1.165) is 32.1 Å². The molecule has 0 saturated heterocycles. The summed E-state index contributed by atoms with van der Waals surface area (Å²) in [6, 6.07) is 8.94. The van der Waals surface area contributed by atoms with Crippen LogP contribution in [0.2, 0.25) is 0 Å². The van der Waals surface area contributed by atoms with Crippen molar-refractivity contribution in [3.63, 3.8) is 0 Å². The molecule has 4 heteroatoms. The van der Waals surface area contributed by atoms with Crippen LogP contribution in [0.3, 0.4) is 0 Å². The van der Waals surface area contributed by atoms with E-state index in [2.05, 4.69) is 0 Å². The minimum atomic E-state index is -0.905. The van der Waals surface area contributed by atoms with Crippen molar-refractivity contribution >= 4 is 11.9 Å². The van der Waals surface area contributed by atoms with Crippen LogP contribution < -0.4 is 0 Å². The van der Waals surface area contributed by atoms with Crippen LogP contribution in [0.1, 0.15) is 42.5 Å². The van der Waals surface area contributed by atoms with Crippen molar-refractivity contribution in [2.24, 2.45) is 0 Å². The molecule has 0 amide bonds. The Morgan fingerprint density at radius 2 is 1.75 bits per heavy atom. The molecule has 4 nitrogen and oxygen atoms in total. The van der Waals surface area contributed by atoms with E-state index in [1.807, 2.05) is 6.07 Å². The first-order chi connectivity index (χ1) is 9.70. The number of carbonyl (C=O) groups excluding carboxylic acids is 1. The Morgan fingerprint density at radius 1 is 1.05 bits per heavy atom. The maximum absolute atomic E-state index is 11.6. The maximum Gasteiger partial charge on any atom is 0.338 e. The molecule has 0 heterocycles. The van der Waals surface area contributed by atoms with Gasteiger partial charge in [-0.2, -0.15) is 0 Å². The normalized spacial score (nSPS) is 10.6. The number of hydrogen-bond acceptors (Lipinski definition) is 3. The Kier molecular flexibility index (Phi) is 7.80.